The summed E-state index contributed by atoms with van der Waals surface area (Å²) in [5.74, 6) is 0.877. The lowest BCUT2D eigenvalue weighted by Crippen LogP contribution is -2.49. The summed E-state index contributed by atoms with van der Waals surface area (Å²) in [5.41, 5.74) is 5.94. The van der Waals surface area contributed by atoms with Crippen molar-refractivity contribution in [1.29, 1.82) is 0 Å². The van der Waals surface area contributed by atoms with Crippen LogP contribution in [0, 0.1) is 5.92 Å². The Morgan fingerprint density at radius 2 is 2.06 bits per heavy atom. The molecule has 2 N–H and O–H groups in total. The Hall–Kier alpha value is -0.120. The maximum Gasteiger partial charge on any atom is 0.0244 e. The average molecular weight is 225 g/mol. The van der Waals surface area contributed by atoms with E-state index >= 15 is 0 Å². The van der Waals surface area contributed by atoms with Crippen molar-refractivity contribution >= 4 is 0 Å². The smallest absolute Gasteiger partial charge is 0.0244 e. The summed E-state index contributed by atoms with van der Waals surface area (Å²) in [6.07, 6.45) is 6.94. The zero-order valence-electron chi connectivity index (χ0n) is 10.9. The van der Waals surface area contributed by atoms with Crippen molar-refractivity contribution < 1.29 is 0 Å². The first kappa shape index (κ1) is 12.3. The maximum absolute atomic E-state index is 5.94. The number of likely N-dealkylation sites (tertiary alicyclic amines) is 1. The van der Waals surface area contributed by atoms with Crippen LogP contribution in [0.3, 0.4) is 0 Å². The quantitative estimate of drug-likeness (QED) is 0.761. The average Bonchev–Trinajstić information content (AvgIpc) is 2.57. The van der Waals surface area contributed by atoms with E-state index in [1.165, 1.54) is 45.2 Å². The summed E-state index contributed by atoms with van der Waals surface area (Å²) >= 11 is 0. The molecule has 2 atom stereocenters. The Labute approximate surface area is 100.0 Å². The summed E-state index contributed by atoms with van der Waals surface area (Å²) in [6.45, 7) is 3.31. The Kier molecular flexibility index (Phi) is 4.22. The van der Waals surface area contributed by atoms with E-state index in [0.29, 0.717) is 6.04 Å². The number of hydrogen-bond acceptors (Lipinski definition) is 3. The minimum Gasteiger partial charge on any atom is -0.329 e. The van der Waals surface area contributed by atoms with E-state index in [2.05, 4.69) is 23.9 Å². The second kappa shape index (κ2) is 5.48. The van der Waals surface area contributed by atoms with Gasteiger partial charge in [-0.3, -0.25) is 0 Å². The Bertz CT molecular complexity index is 215. The number of rotatable bonds is 5. The molecular formula is C13H27N3. The van der Waals surface area contributed by atoms with Gasteiger partial charge in [0.1, 0.15) is 0 Å². The maximum atomic E-state index is 5.94. The van der Waals surface area contributed by atoms with Crippen LogP contribution in [-0.4, -0.2) is 55.6 Å². The van der Waals surface area contributed by atoms with Crippen molar-refractivity contribution in [2.45, 2.75) is 44.2 Å². The molecule has 1 saturated heterocycles. The molecule has 0 bridgehead atoms. The number of nitrogens with zero attached hydrogens (tertiary/aromatic N) is 2. The molecule has 1 saturated carbocycles. The molecule has 1 heterocycles. The highest BCUT2D eigenvalue weighted by Gasteiger charge is 2.31. The minimum atomic E-state index is 0.628. The van der Waals surface area contributed by atoms with Crippen molar-refractivity contribution in [2.24, 2.45) is 11.7 Å². The molecule has 3 nitrogen and oxygen atoms in total. The molecule has 94 valence electrons. The monoisotopic (exact) mass is 225 g/mol. The Balaban J connectivity index is 1.82. The molecule has 1 aliphatic carbocycles. The first-order valence-electron chi connectivity index (χ1n) is 6.83. The third-order valence-electron chi connectivity index (χ3n) is 4.67. The van der Waals surface area contributed by atoms with Crippen LogP contribution < -0.4 is 5.73 Å². The Morgan fingerprint density at radius 1 is 1.31 bits per heavy atom. The molecular weight excluding hydrogens is 198 g/mol. The number of likely N-dealkylation sites (N-methyl/N-ethyl adjacent to an activating group) is 2. The second-order valence-electron chi connectivity index (χ2n) is 5.71. The van der Waals surface area contributed by atoms with Gasteiger partial charge in [0.2, 0.25) is 0 Å². The standard InChI is InChI=1S/C13H27N3/c1-15-8-4-7-12(15)10-16(2)13(9-14)11-5-3-6-11/h11-13H,3-10,14H2,1-2H3. The van der Waals surface area contributed by atoms with Crippen molar-refractivity contribution in [3.05, 3.63) is 0 Å². The van der Waals surface area contributed by atoms with Gasteiger partial charge in [-0.05, 0) is 52.2 Å². The zero-order chi connectivity index (χ0) is 11.5. The van der Waals surface area contributed by atoms with E-state index < -0.39 is 0 Å². The van der Waals surface area contributed by atoms with Crippen LogP contribution in [0.4, 0.5) is 0 Å². The van der Waals surface area contributed by atoms with Crippen molar-refractivity contribution in [3.63, 3.8) is 0 Å². The van der Waals surface area contributed by atoms with Gasteiger partial charge in [0.05, 0.1) is 0 Å². The molecule has 16 heavy (non-hydrogen) atoms. The van der Waals surface area contributed by atoms with Gasteiger partial charge in [-0.2, -0.15) is 0 Å². The molecule has 0 aromatic heterocycles. The van der Waals surface area contributed by atoms with Crippen molar-refractivity contribution in [2.75, 3.05) is 33.7 Å². The molecule has 2 rings (SSSR count). The Morgan fingerprint density at radius 3 is 2.50 bits per heavy atom. The normalized spacial score (nSPS) is 29.6. The van der Waals surface area contributed by atoms with E-state index in [-0.39, 0.29) is 0 Å². The number of hydrogen-bond donors (Lipinski definition) is 1. The van der Waals surface area contributed by atoms with Crippen LogP contribution >= 0.6 is 0 Å². The van der Waals surface area contributed by atoms with E-state index in [9.17, 15) is 0 Å². The van der Waals surface area contributed by atoms with Gasteiger partial charge >= 0.3 is 0 Å². The van der Waals surface area contributed by atoms with Crippen LogP contribution in [0.1, 0.15) is 32.1 Å². The summed E-state index contributed by atoms with van der Waals surface area (Å²) < 4.78 is 0. The number of nitrogens with two attached hydrogens (primary N) is 1. The molecule has 2 fully saturated rings. The molecule has 0 aromatic carbocycles. The van der Waals surface area contributed by atoms with Crippen LogP contribution in [0.25, 0.3) is 0 Å². The van der Waals surface area contributed by atoms with Gasteiger partial charge < -0.3 is 15.5 Å². The van der Waals surface area contributed by atoms with Gasteiger partial charge in [-0.15, -0.1) is 0 Å². The van der Waals surface area contributed by atoms with Gasteiger partial charge in [0.25, 0.3) is 0 Å². The summed E-state index contributed by atoms with van der Waals surface area (Å²) in [5, 5.41) is 0. The lowest BCUT2D eigenvalue weighted by molar-refractivity contribution is 0.101. The largest absolute Gasteiger partial charge is 0.329 e. The first-order valence-corrected chi connectivity index (χ1v) is 6.83. The lowest BCUT2D eigenvalue weighted by Gasteiger charge is -2.40. The summed E-state index contributed by atoms with van der Waals surface area (Å²) in [4.78, 5) is 5.03. The molecule has 0 aromatic rings. The van der Waals surface area contributed by atoms with E-state index in [4.69, 9.17) is 5.73 Å². The van der Waals surface area contributed by atoms with Crippen LogP contribution in [0.2, 0.25) is 0 Å². The van der Waals surface area contributed by atoms with Gasteiger partial charge in [-0.1, -0.05) is 6.42 Å². The van der Waals surface area contributed by atoms with Gasteiger partial charge in [0.15, 0.2) is 0 Å². The predicted octanol–water partition coefficient (Wildman–Crippen LogP) is 1.14. The lowest BCUT2D eigenvalue weighted by atomic mass is 9.79. The molecule has 0 spiro atoms. The fraction of sp³-hybridized carbons (Fsp3) is 1.00. The molecule has 2 unspecified atom stereocenters. The summed E-state index contributed by atoms with van der Waals surface area (Å²) in [7, 11) is 4.52. The molecule has 0 amide bonds. The summed E-state index contributed by atoms with van der Waals surface area (Å²) in [6, 6.07) is 1.39. The predicted molar refractivity (Wildman–Crippen MR) is 68.5 cm³/mol. The SMILES string of the molecule is CN1CCCC1CN(C)C(CN)C1CCC1. The second-order valence-corrected chi connectivity index (χ2v) is 5.71. The zero-order valence-corrected chi connectivity index (χ0v) is 10.9. The van der Waals surface area contributed by atoms with E-state index in [0.717, 1.165) is 18.5 Å². The molecule has 3 heteroatoms. The highest BCUT2D eigenvalue weighted by atomic mass is 15.2. The fourth-order valence-corrected chi connectivity index (χ4v) is 3.23. The molecule has 0 radical (unpaired) electrons. The van der Waals surface area contributed by atoms with Crippen molar-refractivity contribution in [3.8, 4) is 0 Å². The first-order chi connectivity index (χ1) is 7.72. The topological polar surface area (TPSA) is 32.5 Å². The van der Waals surface area contributed by atoms with E-state index in [1.54, 1.807) is 0 Å². The van der Waals surface area contributed by atoms with Crippen LogP contribution in [0.15, 0.2) is 0 Å². The molecule has 2 aliphatic rings. The third kappa shape index (κ3) is 2.58. The molecule has 1 aliphatic heterocycles. The highest BCUT2D eigenvalue weighted by molar-refractivity contribution is 4.87. The van der Waals surface area contributed by atoms with Gasteiger partial charge in [-0.25, -0.2) is 0 Å². The third-order valence-corrected chi connectivity index (χ3v) is 4.67. The van der Waals surface area contributed by atoms with Crippen molar-refractivity contribution in [1.82, 2.24) is 9.80 Å². The highest BCUT2D eigenvalue weighted by Crippen LogP contribution is 2.31. The van der Waals surface area contributed by atoms with Gasteiger partial charge in [0, 0.05) is 25.2 Å². The fourth-order valence-electron chi connectivity index (χ4n) is 3.23. The minimum absolute atomic E-state index is 0.628. The van der Waals surface area contributed by atoms with Crippen LogP contribution in [0.5, 0.6) is 0 Å². The van der Waals surface area contributed by atoms with Crippen LogP contribution in [-0.2, 0) is 0 Å². The van der Waals surface area contributed by atoms with E-state index in [1.807, 2.05) is 0 Å².